The third-order valence-electron chi connectivity index (χ3n) is 2.47. The van der Waals surface area contributed by atoms with Crippen molar-refractivity contribution in [2.75, 3.05) is 13.2 Å². The van der Waals surface area contributed by atoms with E-state index in [1.54, 1.807) is 0 Å². The Kier molecular flexibility index (Phi) is 3.48. The van der Waals surface area contributed by atoms with E-state index in [9.17, 15) is 4.39 Å². The van der Waals surface area contributed by atoms with E-state index in [1.165, 1.54) is 5.70 Å². The quantitative estimate of drug-likeness (QED) is 0.725. The van der Waals surface area contributed by atoms with Gasteiger partial charge in [-0.2, -0.15) is 0 Å². The van der Waals surface area contributed by atoms with Crippen LogP contribution in [-0.4, -0.2) is 29.2 Å². The van der Waals surface area contributed by atoms with Gasteiger partial charge < -0.3 is 10.0 Å². The van der Waals surface area contributed by atoms with Gasteiger partial charge in [0.25, 0.3) is 0 Å². The molecule has 0 aromatic carbocycles. The Morgan fingerprint density at radius 2 is 2.54 bits per heavy atom. The minimum absolute atomic E-state index is 0.201. The molecule has 0 saturated carbocycles. The number of nitrogens with zero attached hydrogens (tertiary/aromatic N) is 1. The van der Waals surface area contributed by atoms with E-state index in [0.29, 0.717) is 24.5 Å². The first-order chi connectivity index (χ1) is 6.19. The molecule has 2 nitrogen and oxygen atoms in total. The van der Waals surface area contributed by atoms with Crippen LogP contribution in [-0.2, 0) is 0 Å². The van der Waals surface area contributed by atoms with Gasteiger partial charge in [0, 0.05) is 23.9 Å². The summed E-state index contributed by atoms with van der Waals surface area (Å²) in [4.78, 5) is 2.10. The van der Waals surface area contributed by atoms with E-state index in [-0.39, 0.29) is 6.61 Å². The Morgan fingerprint density at radius 3 is 2.92 bits per heavy atom. The molecule has 0 saturated heterocycles. The van der Waals surface area contributed by atoms with Crippen molar-refractivity contribution in [3.8, 4) is 0 Å². The molecule has 0 fully saturated rings. The fourth-order valence-corrected chi connectivity index (χ4v) is 1.55. The first-order valence-electron chi connectivity index (χ1n) is 4.51. The van der Waals surface area contributed by atoms with E-state index in [4.69, 9.17) is 5.11 Å². The molecule has 0 bridgehead atoms. The summed E-state index contributed by atoms with van der Waals surface area (Å²) in [6, 6.07) is 0.418. The summed E-state index contributed by atoms with van der Waals surface area (Å²) in [6.07, 6.45) is 3.65. The first-order valence-corrected chi connectivity index (χ1v) is 4.51. The van der Waals surface area contributed by atoms with E-state index in [2.05, 4.69) is 17.9 Å². The van der Waals surface area contributed by atoms with Gasteiger partial charge in [0.15, 0.2) is 0 Å². The number of allylic oxidation sites excluding steroid dienone is 1. The molecule has 0 aromatic heterocycles. The van der Waals surface area contributed by atoms with E-state index in [1.807, 2.05) is 6.92 Å². The third-order valence-corrected chi connectivity index (χ3v) is 2.47. The molecule has 1 N–H and O–H groups in total. The molecular weight excluding hydrogens is 169 g/mol. The van der Waals surface area contributed by atoms with Gasteiger partial charge in [-0.05, 0) is 20.3 Å². The molecule has 1 atom stereocenters. The van der Waals surface area contributed by atoms with Crippen LogP contribution in [0.25, 0.3) is 0 Å². The van der Waals surface area contributed by atoms with Gasteiger partial charge in [-0.15, -0.1) is 0 Å². The second-order valence-corrected chi connectivity index (χ2v) is 3.48. The zero-order valence-corrected chi connectivity index (χ0v) is 8.13. The summed E-state index contributed by atoms with van der Waals surface area (Å²) < 4.78 is 12.2. The van der Waals surface area contributed by atoms with Gasteiger partial charge in [-0.25, -0.2) is 4.39 Å². The average Bonchev–Trinajstić information content (AvgIpc) is 2.44. The minimum Gasteiger partial charge on any atom is -0.392 e. The van der Waals surface area contributed by atoms with Crippen molar-refractivity contribution in [3.63, 3.8) is 0 Å². The van der Waals surface area contributed by atoms with Gasteiger partial charge >= 0.3 is 0 Å². The molecule has 1 unspecified atom stereocenters. The van der Waals surface area contributed by atoms with E-state index in [0.717, 1.165) is 6.42 Å². The minimum atomic E-state index is -0.201. The first kappa shape index (κ1) is 10.3. The van der Waals surface area contributed by atoms with E-state index < -0.39 is 0 Å². The second-order valence-electron chi connectivity index (χ2n) is 3.48. The number of hydrogen-bond acceptors (Lipinski definition) is 2. The zero-order valence-electron chi connectivity index (χ0n) is 8.13. The predicted octanol–water partition coefficient (Wildman–Crippen LogP) is 1.83. The van der Waals surface area contributed by atoms with Gasteiger partial charge in [-0.1, -0.05) is 6.08 Å². The van der Waals surface area contributed by atoms with Crippen LogP contribution in [0.5, 0.6) is 0 Å². The average molecular weight is 185 g/mol. The highest BCUT2D eigenvalue weighted by atomic mass is 19.1. The maximum atomic E-state index is 12.2. The maximum absolute atomic E-state index is 12.2. The van der Waals surface area contributed by atoms with Gasteiger partial charge in [0.2, 0.25) is 0 Å². The molecular formula is C10H16FNO. The molecule has 1 heterocycles. The van der Waals surface area contributed by atoms with Gasteiger partial charge in [-0.3, -0.25) is 0 Å². The van der Waals surface area contributed by atoms with Crippen LogP contribution in [0.2, 0.25) is 0 Å². The van der Waals surface area contributed by atoms with Crippen molar-refractivity contribution in [3.05, 3.63) is 23.7 Å². The standard InChI is InChI=1S/C10H16FNO/c1-8-3-4-9(2)12(8)6-10(5-11)7-13/h3,5,9,13H,4,6-7H2,1-2H3/b10-5+. The molecule has 0 amide bonds. The lowest BCUT2D eigenvalue weighted by Gasteiger charge is -2.26. The summed E-state index contributed by atoms with van der Waals surface area (Å²) >= 11 is 0. The molecule has 0 aromatic rings. The molecule has 13 heavy (non-hydrogen) atoms. The van der Waals surface area contributed by atoms with Crippen LogP contribution in [0.1, 0.15) is 20.3 Å². The lowest BCUT2D eigenvalue weighted by atomic mass is 10.2. The fourth-order valence-electron chi connectivity index (χ4n) is 1.55. The molecule has 0 aliphatic carbocycles. The number of rotatable bonds is 3. The van der Waals surface area contributed by atoms with Gasteiger partial charge in [0.1, 0.15) is 0 Å². The lowest BCUT2D eigenvalue weighted by Crippen LogP contribution is -2.29. The molecule has 0 radical (unpaired) electrons. The topological polar surface area (TPSA) is 23.5 Å². The summed E-state index contributed by atoms with van der Waals surface area (Å²) in [5.41, 5.74) is 1.60. The lowest BCUT2D eigenvalue weighted by molar-refractivity contribution is 0.278. The highest BCUT2D eigenvalue weighted by Gasteiger charge is 2.19. The van der Waals surface area contributed by atoms with Crippen molar-refractivity contribution in [2.45, 2.75) is 26.3 Å². The number of aliphatic hydroxyl groups excluding tert-OH is 1. The predicted molar refractivity (Wildman–Crippen MR) is 50.8 cm³/mol. The van der Waals surface area contributed by atoms with Crippen LogP contribution >= 0.6 is 0 Å². The molecule has 1 aliphatic rings. The summed E-state index contributed by atoms with van der Waals surface area (Å²) in [6.45, 7) is 4.40. The fraction of sp³-hybridized carbons (Fsp3) is 0.600. The summed E-state index contributed by atoms with van der Waals surface area (Å²) in [7, 11) is 0. The second kappa shape index (κ2) is 4.42. The van der Waals surface area contributed by atoms with Crippen LogP contribution in [0.15, 0.2) is 23.7 Å². The van der Waals surface area contributed by atoms with Crippen molar-refractivity contribution in [2.24, 2.45) is 0 Å². The largest absolute Gasteiger partial charge is 0.392 e. The molecule has 1 rings (SSSR count). The van der Waals surface area contributed by atoms with Crippen LogP contribution in [0.3, 0.4) is 0 Å². The number of hydrogen-bond donors (Lipinski definition) is 1. The molecule has 1 aliphatic heterocycles. The van der Waals surface area contributed by atoms with E-state index >= 15 is 0 Å². The Bertz CT molecular complexity index is 235. The monoisotopic (exact) mass is 185 g/mol. The zero-order chi connectivity index (χ0) is 9.84. The van der Waals surface area contributed by atoms with Gasteiger partial charge in [0.05, 0.1) is 12.9 Å². The summed E-state index contributed by atoms with van der Waals surface area (Å²) in [5, 5.41) is 8.80. The maximum Gasteiger partial charge on any atom is 0.0899 e. The third kappa shape index (κ3) is 2.31. The van der Waals surface area contributed by atoms with Crippen molar-refractivity contribution in [1.82, 2.24) is 4.90 Å². The van der Waals surface area contributed by atoms with Crippen molar-refractivity contribution in [1.29, 1.82) is 0 Å². The molecule has 0 spiro atoms. The Hall–Kier alpha value is -0.830. The smallest absolute Gasteiger partial charge is 0.0899 e. The molecule has 3 heteroatoms. The Labute approximate surface area is 78.4 Å². The highest BCUT2D eigenvalue weighted by molar-refractivity contribution is 5.13. The van der Waals surface area contributed by atoms with Crippen LogP contribution in [0, 0.1) is 0 Å². The number of halogens is 1. The SMILES string of the molecule is CC1=CCC(C)N1C/C(=C\F)CO. The molecule has 74 valence electrons. The van der Waals surface area contributed by atoms with Crippen LogP contribution < -0.4 is 0 Å². The normalized spacial score (nSPS) is 23.7. The Balaban J connectivity index is 2.57. The Morgan fingerprint density at radius 1 is 1.85 bits per heavy atom. The number of aliphatic hydroxyl groups is 1. The van der Waals surface area contributed by atoms with Crippen LogP contribution in [0.4, 0.5) is 4.39 Å². The van der Waals surface area contributed by atoms with Crippen molar-refractivity contribution >= 4 is 0 Å². The highest BCUT2D eigenvalue weighted by Crippen LogP contribution is 2.21. The van der Waals surface area contributed by atoms with Crippen molar-refractivity contribution < 1.29 is 9.50 Å². The summed E-state index contributed by atoms with van der Waals surface area (Å²) in [5.74, 6) is 0.